The minimum atomic E-state index is -0.166. The Balaban J connectivity index is 1.91. The van der Waals surface area contributed by atoms with Crippen LogP contribution in [0.25, 0.3) is 0 Å². The number of aromatic amines is 1. The highest BCUT2D eigenvalue weighted by atomic mass is 16.5. The van der Waals surface area contributed by atoms with E-state index in [4.69, 9.17) is 4.74 Å². The Morgan fingerprint density at radius 3 is 2.04 bits per heavy atom. The predicted octanol–water partition coefficient (Wildman–Crippen LogP) is 2.96. The first-order valence-corrected chi connectivity index (χ1v) is 7.50. The van der Waals surface area contributed by atoms with Crippen molar-refractivity contribution in [2.45, 2.75) is 12.8 Å². The summed E-state index contributed by atoms with van der Waals surface area (Å²) in [6.07, 6.45) is 1.07. The first-order valence-electron chi connectivity index (χ1n) is 7.50. The van der Waals surface area contributed by atoms with Gasteiger partial charge in [0.1, 0.15) is 5.69 Å². The molecule has 0 spiro atoms. The van der Waals surface area contributed by atoms with Gasteiger partial charge in [-0.25, -0.2) is 4.98 Å². The van der Waals surface area contributed by atoms with Crippen molar-refractivity contribution in [2.24, 2.45) is 0 Å². The molecule has 0 bridgehead atoms. The molecule has 1 N–H and O–H groups in total. The minimum absolute atomic E-state index is 0.166. The predicted molar refractivity (Wildman–Crippen MR) is 89.9 cm³/mol. The third-order valence-electron chi connectivity index (χ3n) is 3.65. The Bertz CT molecular complexity index is 827. The standard InChI is InChI=1S/C19H18N2O2/c1-23-19-17(13-15-10-6-3-7-11-15)20-18(22)16(21-19)12-14-8-4-2-5-9-14/h2-11H,12-13H2,1H3,(H,20,22). The van der Waals surface area contributed by atoms with Crippen molar-refractivity contribution in [3.63, 3.8) is 0 Å². The fourth-order valence-corrected chi connectivity index (χ4v) is 2.50. The quantitative estimate of drug-likeness (QED) is 0.788. The Morgan fingerprint density at radius 2 is 1.48 bits per heavy atom. The number of nitrogens with zero attached hydrogens (tertiary/aromatic N) is 1. The van der Waals surface area contributed by atoms with Crippen LogP contribution in [0.4, 0.5) is 0 Å². The summed E-state index contributed by atoms with van der Waals surface area (Å²) in [5.74, 6) is 0.472. The van der Waals surface area contributed by atoms with Gasteiger partial charge >= 0.3 is 0 Å². The van der Waals surface area contributed by atoms with Crippen LogP contribution in [0.15, 0.2) is 65.5 Å². The number of hydrogen-bond acceptors (Lipinski definition) is 3. The van der Waals surface area contributed by atoms with Crippen molar-refractivity contribution >= 4 is 0 Å². The largest absolute Gasteiger partial charge is 0.480 e. The van der Waals surface area contributed by atoms with Gasteiger partial charge in [0, 0.05) is 12.8 Å². The molecule has 0 aliphatic heterocycles. The van der Waals surface area contributed by atoms with E-state index in [1.807, 2.05) is 60.7 Å². The molecule has 0 saturated carbocycles. The van der Waals surface area contributed by atoms with E-state index >= 15 is 0 Å². The Labute approximate surface area is 134 Å². The number of methoxy groups -OCH3 is 1. The van der Waals surface area contributed by atoms with Gasteiger partial charge in [0.2, 0.25) is 5.88 Å². The second-order valence-corrected chi connectivity index (χ2v) is 5.33. The highest BCUT2D eigenvalue weighted by Crippen LogP contribution is 2.16. The molecule has 0 atom stereocenters. The molecule has 23 heavy (non-hydrogen) atoms. The van der Waals surface area contributed by atoms with Crippen LogP contribution in [0, 0.1) is 0 Å². The van der Waals surface area contributed by atoms with Crippen LogP contribution in [0.5, 0.6) is 5.88 Å². The molecule has 0 radical (unpaired) electrons. The monoisotopic (exact) mass is 306 g/mol. The van der Waals surface area contributed by atoms with Crippen molar-refractivity contribution in [1.29, 1.82) is 0 Å². The van der Waals surface area contributed by atoms with Crippen LogP contribution >= 0.6 is 0 Å². The second kappa shape index (κ2) is 6.92. The van der Waals surface area contributed by atoms with E-state index in [-0.39, 0.29) is 5.56 Å². The summed E-state index contributed by atoms with van der Waals surface area (Å²) in [4.78, 5) is 19.7. The van der Waals surface area contributed by atoms with E-state index in [0.717, 1.165) is 11.1 Å². The average Bonchev–Trinajstić information content (AvgIpc) is 2.59. The summed E-state index contributed by atoms with van der Waals surface area (Å²) in [5.41, 5.74) is 3.13. The van der Waals surface area contributed by atoms with Gasteiger partial charge in [-0.2, -0.15) is 0 Å². The number of ether oxygens (including phenoxy) is 1. The molecule has 0 amide bonds. The molecule has 4 heteroatoms. The highest BCUT2D eigenvalue weighted by Gasteiger charge is 2.12. The van der Waals surface area contributed by atoms with Gasteiger partial charge in [-0.15, -0.1) is 0 Å². The van der Waals surface area contributed by atoms with E-state index in [2.05, 4.69) is 9.97 Å². The van der Waals surface area contributed by atoms with Gasteiger partial charge in [0.25, 0.3) is 5.56 Å². The normalized spacial score (nSPS) is 10.5. The van der Waals surface area contributed by atoms with E-state index < -0.39 is 0 Å². The lowest BCUT2D eigenvalue weighted by atomic mass is 10.1. The van der Waals surface area contributed by atoms with E-state index in [9.17, 15) is 4.79 Å². The first kappa shape index (κ1) is 15.0. The molecule has 1 aromatic heterocycles. The van der Waals surface area contributed by atoms with Gasteiger partial charge < -0.3 is 9.72 Å². The maximum absolute atomic E-state index is 12.3. The van der Waals surface area contributed by atoms with E-state index in [1.54, 1.807) is 7.11 Å². The molecule has 1 heterocycles. The van der Waals surface area contributed by atoms with Crippen LogP contribution < -0.4 is 10.3 Å². The second-order valence-electron chi connectivity index (χ2n) is 5.33. The van der Waals surface area contributed by atoms with Crippen molar-refractivity contribution in [1.82, 2.24) is 9.97 Å². The van der Waals surface area contributed by atoms with Gasteiger partial charge in [-0.1, -0.05) is 60.7 Å². The minimum Gasteiger partial charge on any atom is -0.480 e. The maximum atomic E-state index is 12.3. The number of nitrogens with one attached hydrogen (secondary N) is 1. The van der Waals surface area contributed by atoms with E-state index in [1.165, 1.54) is 0 Å². The van der Waals surface area contributed by atoms with Gasteiger partial charge in [0.05, 0.1) is 12.8 Å². The van der Waals surface area contributed by atoms with Crippen molar-refractivity contribution in [2.75, 3.05) is 7.11 Å². The smallest absolute Gasteiger partial charge is 0.270 e. The highest BCUT2D eigenvalue weighted by molar-refractivity contribution is 5.29. The summed E-state index contributed by atoms with van der Waals surface area (Å²) in [6.45, 7) is 0. The number of rotatable bonds is 5. The summed E-state index contributed by atoms with van der Waals surface area (Å²) in [6, 6.07) is 19.7. The lowest BCUT2D eigenvalue weighted by molar-refractivity contribution is 0.388. The van der Waals surface area contributed by atoms with Gasteiger partial charge in [-0.3, -0.25) is 4.79 Å². The summed E-state index contributed by atoms with van der Waals surface area (Å²) >= 11 is 0. The Morgan fingerprint density at radius 1 is 0.913 bits per heavy atom. The fraction of sp³-hybridized carbons (Fsp3) is 0.158. The molecule has 116 valence electrons. The van der Waals surface area contributed by atoms with E-state index in [0.29, 0.717) is 30.1 Å². The van der Waals surface area contributed by atoms with Crippen LogP contribution in [-0.2, 0) is 12.8 Å². The molecule has 0 fully saturated rings. The van der Waals surface area contributed by atoms with Crippen LogP contribution in [0.3, 0.4) is 0 Å². The maximum Gasteiger partial charge on any atom is 0.270 e. The number of benzene rings is 2. The Hall–Kier alpha value is -2.88. The summed E-state index contributed by atoms with van der Waals surface area (Å²) in [7, 11) is 1.57. The molecule has 2 aromatic carbocycles. The third kappa shape index (κ3) is 3.66. The Kier molecular flexibility index (Phi) is 4.52. The van der Waals surface area contributed by atoms with Crippen LogP contribution in [-0.4, -0.2) is 17.1 Å². The number of aromatic nitrogens is 2. The molecule has 3 rings (SSSR count). The summed E-state index contributed by atoms with van der Waals surface area (Å²) < 4.78 is 5.37. The number of hydrogen-bond donors (Lipinski definition) is 1. The molecule has 0 unspecified atom stereocenters. The molecule has 0 aliphatic rings. The van der Waals surface area contributed by atoms with Gasteiger partial charge in [-0.05, 0) is 11.1 Å². The molecule has 3 aromatic rings. The third-order valence-corrected chi connectivity index (χ3v) is 3.65. The zero-order valence-corrected chi connectivity index (χ0v) is 13.0. The molecular formula is C19H18N2O2. The zero-order valence-electron chi connectivity index (χ0n) is 13.0. The van der Waals surface area contributed by atoms with Crippen molar-refractivity contribution in [3.05, 3.63) is 93.5 Å². The molecule has 0 saturated heterocycles. The van der Waals surface area contributed by atoms with Crippen molar-refractivity contribution < 1.29 is 4.74 Å². The summed E-state index contributed by atoms with van der Waals surface area (Å²) in [5, 5.41) is 0. The lowest BCUT2D eigenvalue weighted by Crippen LogP contribution is -2.19. The average molecular weight is 306 g/mol. The lowest BCUT2D eigenvalue weighted by Gasteiger charge is -2.09. The van der Waals surface area contributed by atoms with Crippen LogP contribution in [0.1, 0.15) is 22.5 Å². The zero-order chi connectivity index (χ0) is 16.1. The molecular weight excluding hydrogens is 288 g/mol. The number of H-pyrrole nitrogens is 1. The molecule has 4 nitrogen and oxygen atoms in total. The fourth-order valence-electron chi connectivity index (χ4n) is 2.50. The van der Waals surface area contributed by atoms with Gasteiger partial charge in [0.15, 0.2) is 0 Å². The van der Waals surface area contributed by atoms with Crippen molar-refractivity contribution in [3.8, 4) is 5.88 Å². The first-order chi connectivity index (χ1) is 11.3. The topological polar surface area (TPSA) is 55.0 Å². The molecule has 0 aliphatic carbocycles. The SMILES string of the molecule is COc1nc(Cc2ccccc2)c(=O)[nH]c1Cc1ccccc1. The van der Waals surface area contributed by atoms with Crippen LogP contribution in [0.2, 0.25) is 0 Å².